The van der Waals surface area contributed by atoms with Crippen molar-refractivity contribution in [3.05, 3.63) is 96.8 Å². The van der Waals surface area contributed by atoms with Gasteiger partial charge in [0.1, 0.15) is 11.6 Å². The van der Waals surface area contributed by atoms with Gasteiger partial charge in [-0.1, -0.05) is 48.5 Å². The van der Waals surface area contributed by atoms with E-state index in [1.54, 1.807) is 0 Å². The molecule has 0 saturated carbocycles. The number of rotatable bonds is 8. The highest BCUT2D eigenvalue weighted by Crippen LogP contribution is 2.32. The third kappa shape index (κ3) is 4.92. The number of nitrogens with two attached hydrogens (primary N) is 1. The maximum atomic E-state index is 5.62. The van der Waals surface area contributed by atoms with Gasteiger partial charge in [-0.05, 0) is 95.7 Å². The van der Waals surface area contributed by atoms with E-state index < -0.39 is 0 Å². The number of nitrogens with zero attached hydrogens (tertiary/aromatic N) is 2. The largest absolute Gasteiger partial charge is 0.342 e. The van der Waals surface area contributed by atoms with E-state index in [1.165, 1.54) is 44.7 Å². The number of aromatic nitrogens is 4. The predicted octanol–water partition coefficient (Wildman–Crippen LogP) is 7.15. The van der Waals surface area contributed by atoms with Crippen molar-refractivity contribution in [1.29, 1.82) is 0 Å². The van der Waals surface area contributed by atoms with Crippen LogP contribution in [0.3, 0.4) is 0 Å². The fourth-order valence-electron chi connectivity index (χ4n) is 5.84. The van der Waals surface area contributed by atoms with Crippen LogP contribution in [-0.2, 0) is 6.42 Å². The zero-order valence-corrected chi connectivity index (χ0v) is 22.6. The zero-order chi connectivity index (χ0) is 26.9. The summed E-state index contributed by atoms with van der Waals surface area (Å²) in [5.41, 5.74) is 12.5. The quantitative estimate of drug-likeness (QED) is 0.158. The molecule has 0 aliphatic carbocycles. The van der Waals surface area contributed by atoms with E-state index in [0.717, 1.165) is 67.4 Å². The predicted molar refractivity (Wildman–Crippen MR) is 164 cm³/mol. The Kier molecular flexibility index (Phi) is 6.63. The lowest BCUT2D eigenvalue weighted by Gasteiger charge is -2.09. The van der Waals surface area contributed by atoms with Gasteiger partial charge >= 0.3 is 0 Å². The number of nitrogens with one attached hydrogen (secondary N) is 3. The van der Waals surface area contributed by atoms with E-state index in [-0.39, 0.29) is 0 Å². The summed E-state index contributed by atoms with van der Waals surface area (Å²) >= 11 is 0. The summed E-state index contributed by atoms with van der Waals surface area (Å²) < 4.78 is 0. The van der Waals surface area contributed by atoms with Crippen molar-refractivity contribution in [1.82, 2.24) is 25.3 Å². The normalized spacial score (nSPS) is 15.4. The third-order valence-corrected chi connectivity index (χ3v) is 8.12. The highest BCUT2D eigenvalue weighted by molar-refractivity contribution is 5.94. The maximum Gasteiger partial charge on any atom is 0.123 e. The Morgan fingerprint density at radius 2 is 1.25 bits per heavy atom. The van der Waals surface area contributed by atoms with Crippen LogP contribution in [0.15, 0.2) is 85.2 Å². The zero-order valence-electron chi connectivity index (χ0n) is 22.6. The van der Waals surface area contributed by atoms with Crippen molar-refractivity contribution in [3.8, 4) is 33.6 Å². The lowest BCUT2D eigenvalue weighted by atomic mass is 9.97. The second kappa shape index (κ2) is 10.7. The van der Waals surface area contributed by atoms with Gasteiger partial charge in [0.25, 0.3) is 0 Å². The number of aryl methyl sites for hydroxylation is 1. The third-order valence-electron chi connectivity index (χ3n) is 8.12. The molecular weight excluding hydrogens is 492 g/mol. The van der Waals surface area contributed by atoms with Gasteiger partial charge in [0, 0.05) is 17.5 Å². The molecule has 200 valence electrons. The number of hydrogen-bond donors (Lipinski definition) is 4. The number of benzene rings is 4. The van der Waals surface area contributed by atoms with Crippen LogP contribution in [-0.4, -0.2) is 33.0 Å². The molecule has 0 bridgehead atoms. The molecule has 6 heteroatoms. The Balaban J connectivity index is 1.12. The molecule has 7 rings (SSSR count). The van der Waals surface area contributed by atoms with Crippen molar-refractivity contribution in [2.75, 3.05) is 13.1 Å². The van der Waals surface area contributed by atoms with Crippen molar-refractivity contribution in [3.63, 3.8) is 0 Å². The maximum absolute atomic E-state index is 5.62. The van der Waals surface area contributed by atoms with E-state index in [4.69, 9.17) is 5.73 Å². The van der Waals surface area contributed by atoms with Crippen LogP contribution >= 0.6 is 0 Å². The second-order valence-corrected chi connectivity index (χ2v) is 10.9. The van der Waals surface area contributed by atoms with Gasteiger partial charge in [-0.15, -0.1) is 0 Å². The summed E-state index contributed by atoms with van der Waals surface area (Å²) in [7, 11) is 0. The van der Waals surface area contributed by atoms with Crippen LogP contribution in [0.25, 0.3) is 55.2 Å². The molecule has 40 heavy (non-hydrogen) atoms. The minimum absolute atomic E-state index is 0.347. The fourth-order valence-corrected chi connectivity index (χ4v) is 5.84. The molecule has 6 nitrogen and oxygen atoms in total. The average molecular weight is 527 g/mol. The van der Waals surface area contributed by atoms with E-state index in [1.807, 2.05) is 12.4 Å². The molecule has 1 aliphatic heterocycles. The van der Waals surface area contributed by atoms with E-state index in [2.05, 4.69) is 98.0 Å². The Morgan fingerprint density at radius 3 is 1.85 bits per heavy atom. The summed E-state index contributed by atoms with van der Waals surface area (Å²) in [6.45, 7) is 1.80. The molecule has 0 amide bonds. The van der Waals surface area contributed by atoms with Crippen molar-refractivity contribution in [2.45, 2.75) is 38.1 Å². The molecular formula is C34H34N6. The van der Waals surface area contributed by atoms with Crippen molar-refractivity contribution >= 4 is 21.5 Å². The molecule has 0 spiro atoms. The molecule has 0 unspecified atom stereocenters. The number of imidazole rings is 2. The molecule has 6 aromatic rings. The monoisotopic (exact) mass is 526 g/mol. The molecule has 2 aromatic heterocycles. The Hall–Kier alpha value is -4.26. The number of H-pyrrole nitrogens is 2. The highest BCUT2D eigenvalue weighted by atomic mass is 15.0. The lowest BCUT2D eigenvalue weighted by Crippen LogP contribution is -2.14. The first-order valence-electron chi connectivity index (χ1n) is 14.3. The topological polar surface area (TPSA) is 95.4 Å². The number of hydrogen-bond acceptors (Lipinski definition) is 4. The van der Waals surface area contributed by atoms with Gasteiger partial charge in [-0.25, -0.2) is 9.97 Å². The highest BCUT2D eigenvalue weighted by Gasteiger charge is 2.19. The number of aromatic amines is 2. The summed E-state index contributed by atoms with van der Waals surface area (Å²) in [6, 6.07) is 27.1. The first-order valence-corrected chi connectivity index (χ1v) is 14.3. The van der Waals surface area contributed by atoms with E-state index in [0.29, 0.717) is 6.04 Å². The first kappa shape index (κ1) is 24.8. The molecule has 1 saturated heterocycles. The summed E-state index contributed by atoms with van der Waals surface area (Å²) in [5.74, 6) is 2.07. The smallest absolute Gasteiger partial charge is 0.123 e. The van der Waals surface area contributed by atoms with Gasteiger partial charge in [-0.3, -0.25) is 0 Å². The van der Waals surface area contributed by atoms with Crippen LogP contribution in [0.1, 0.15) is 43.4 Å². The SMILES string of the molecule is NCCCCc1ncc(-c2ccc3cc(-c4ccc5cc(-c6cnc([C@@H]7CCCN7)[nH]6)ccc5c4)ccc3c2)[nH]1. The fraction of sp³-hybridized carbons (Fsp3) is 0.235. The Bertz CT molecular complexity index is 1790. The molecule has 4 aromatic carbocycles. The minimum atomic E-state index is 0.347. The van der Waals surface area contributed by atoms with Crippen molar-refractivity contribution in [2.24, 2.45) is 5.73 Å². The molecule has 1 aliphatic rings. The molecule has 3 heterocycles. The second-order valence-electron chi connectivity index (χ2n) is 10.9. The molecule has 5 N–H and O–H groups in total. The lowest BCUT2D eigenvalue weighted by molar-refractivity contribution is 0.613. The van der Waals surface area contributed by atoms with E-state index >= 15 is 0 Å². The summed E-state index contributed by atoms with van der Waals surface area (Å²) in [6.07, 6.45) is 9.26. The van der Waals surface area contributed by atoms with E-state index in [9.17, 15) is 0 Å². The first-order chi connectivity index (χ1) is 19.7. The standard InChI is InChI=1S/C34H34N6/c35-14-2-1-5-33-37-20-31(39-33)28-12-10-24-16-22(6-8-26(24)18-28)23-7-9-27-19-29(13-11-25(27)17-23)32-21-38-34(40-32)30-4-3-15-36-30/h6-13,16-21,30,36H,1-5,14-15,35H2,(H,37,39)(H,38,40)/t30-/m0/s1. The molecule has 1 atom stereocenters. The molecule has 1 fully saturated rings. The average Bonchev–Trinajstić information content (AvgIpc) is 3.78. The van der Waals surface area contributed by atoms with Gasteiger partial charge in [0.2, 0.25) is 0 Å². The summed E-state index contributed by atoms with van der Waals surface area (Å²) in [4.78, 5) is 16.2. The number of unbranched alkanes of at least 4 members (excludes halogenated alkanes) is 1. The Morgan fingerprint density at radius 1 is 0.675 bits per heavy atom. The van der Waals surface area contributed by atoms with Crippen LogP contribution in [0.5, 0.6) is 0 Å². The van der Waals surface area contributed by atoms with Gasteiger partial charge in [-0.2, -0.15) is 0 Å². The molecule has 0 radical (unpaired) electrons. The Labute approximate surface area is 234 Å². The minimum Gasteiger partial charge on any atom is -0.342 e. The van der Waals surface area contributed by atoms with Gasteiger partial charge in [0.15, 0.2) is 0 Å². The number of fused-ring (bicyclic) bond motifs is 2. The van der Waals surface area contributed by atoms with Gasteiger partial charge in [0.05, 0.1) is 29.8 Å². The van der Waals surface area contributed by atoms with Crippen LogP contribution in [0.2, 0.25) is 0 Å². The van der Waals surface area contributed by atoms with Crippen LogP contribution < -0.4 is 11.1 Å². The van der Waals surface area contributed by atoms with Crippen molar-refractivity contribution < 1.29 is 0 Å². The van der Waals surface area contributed by atoms with Crippen LogP contribution in [0.4, 0.5) is 0 Å². The summed E-state index contributed by atoms with van der Waals surface area (Å²) in [5, 5.41) is 8.42. The van der Waals surface area contributed by atoms with Gasteiger partial charge < -0.3 is 21.0 Å². The van der Waals surface area contributed by atoms with Crippen LogP contribution in [0, 0.1) is 0 Å².